The summed E-state index contributed by atoms with van der Waals surface area (Å²) in [5.74, 6) is 1.39. The average molecular weight is 313 g/mol. The lowest BCUT2D eigenvalue weighted by molar-refractivity contribution is 0.170. The van der Waals surface area contributed by atoms with Crippen LogP contribution in [-0.2, 0) is 6.54 Å². The van der Waals surface area contributed by atoms with E-state index < -0.39 is 0 Å². The number of hydrogen-bond acceptors (Lipinski definition) is 5. The summed E-state index contributed by atoms with van der Waals surface area (Å²) in [6, 6.07) is 8.33. The fourth-order valence-corrected chi connectivity index (χ4v) is 3.81. The molecule has 23 heavy (non-hydrogen) atoms. The Bertz CT molecular complexity index is 678. The molecule has 1 saturated heterocycles. The van der Waals surface area contributed by atoms with Crippen LogP contribution < -0.4 is 15.4 Å². The van der Waals surface area contributed by atoms with E-state index in [1.54, 1.807) is 13.4 Å². The van der Waals surface area contributed by atoms with Gasteiger partial charge in [0.25, 0.3) is 0 Å². The SMILES string of the molecule is COc1ccccc1-c1nc(CNC2CCNC23CCC3)co1. The van der Waals surface area contributed by atoms with E-state index in [9.17, 15) is 0 Å². The Morgan fingerprint density at radius 3 is 3.04 bits per heavy atom. The quantitative estimate of drug-likeness (QED) is 0.889. The van der Waals surface area contributed by atoms with Gasteiger partial charge in [-0.05, 0) is 44.4 Å². The molecule has 1 aliphatic carbocycles. The van der Waals surface area contributed by atoms with Crippen LogP contribution in [0.1, 0.15) is 31.4 Å². The minimum Gasteiger partial charge on any atom is -0.496 e. The van der Waals surface area contributed by atoms with Gasteiger partial charge in [0.2, 0.25) is 5.89 Å². The molecule has 0 radical (unpaired) electrons. The zero-order valence-electron chi connectivity index (χ0n) is 13.5. The van der Waals surface area contributed by atoms with E-state index in [-0.39, 0.29) is 0 Å². The van der Waals surface area contributed by atoms with Crippen molar-refractivity contribution in [1.82, 2.24) is 15.6 Å². The van der Waals surface area contributed by atoms with Crippen LogP contribution in [0.2, 0.25) is 0 Å². The Kier molecular flexibility index (Phi) is 3.83. The predicted molar refractivity (Wildman–Crippen MR) is 88.3 cm³/mol. The molecule has 0 bridgehead atoms. The maximum Gasteiger partial charge on any atom is 0.229 e. The maximum absolute atomic E-state index is 5.65. The summed E-state index contributed by atoms with van der Waals surface area (Å²) >= 11 is 0. The number of ether oxygens (including phenoxy) is 1. The molecule has 122 valence electrons. The first-order valence-electron chi connectivity index (χ1n) is 8.37. The lowest BCUT2D eigenvalue weighted by Crippen LogP contribution is -2.57. The molecule has 2 heterocycles. The number of nitrogens with one attached hydrogen (secondary N) is 2. The van der Waals surface area contributed by atoms with Gasteiger partial charge in [0, 0.05) is 18.1 Å². The van der Waals surface area contributed by atoms with Gasteiger partial charge in [-0.2, -0.15) is 0 Å². The van der Waals surface area contributed by atoms with Gasteiger partial charge in [-0.15, -0.1) is 0 Å². The van der Waals surface area contributed by atoms with E-state index in [1.165, 1.54) is 25.7 Å². The number of oxazole rings is 1. The minimum atomic E-state index is 0.342. The summed E-state index contributed by atoms with van der Waals surface area (Å²) in [7, 11) is 1.66. The summed E-state index contributed by atoms with van der Waals surface area (Å²) < 4.78 is 11.0. The van der Waals surface area contributed by atoms with Gasteiger partial charge in [-0.1, -0.05) is 12.1 Å². The van der Waals surface area contributed by atoms with Gasteiger partial charge in [0.15, 0.2) is 0 Å². The first-order valence-corrected chi connectivity index (χ1v) is 8.37. The Hall–Kier alpha value is -1.85. The smallest absolute Gasteiger partial charge is 0.229 e. The van der Waals surface area contributed by atoms with Crippen molar-refractivity contribution in [2.45, 2.75) is 43.8 Å². The predicted octanol–water partition coefficient (Wildman–Crippen LogP) is 2.72. The van der Waals surface area contributed by atoms with Crippen molar-refractivity contribution in [3.8, 4) is 17.2 Å². The zero-order chi connectivity index (χ0) is 15.7. The van der Waals surface area contributed by atoms with E-state index in [0.717, 1.165) is 30.1 Å². The van der Waals surface area contributed by atoms with Gasteiger partial charge >= 0.3 is 0 Å². The van der Waals surface area contributed by atoms with Crippen LogP contribution in [0.5, 0.6) is 5.75 Å². The van der Waals surface area contributed by atoms with Crippen molar-refractivity contribution in [2.24, 2.45) is 0 Å². The van der Waals surface area contributed by atoms with E-state index in [2.05, 4.69) is 15.6 Å². The molecular formula is C18H23N3O2. The Morgan fingerprint density at radius 2 is 2.26 bits per heavy atom. The van der Waals surface area contributed by atoms with Gasteiger partial charge in [0.1, 0.15) is 12.0 Å². The fourth-order valence-electron chi connectivity index (χ4n) is 3.81. The number of methoxy groups -OCH3 is 1. The van der Waals surface area contributed by atoms with Crippen LogP contribution in [0.25, 0.3) is 11.5 Å². The van der Waals surface area contributed by atoms with Crippen molar-refractivity contribution >= 4 is 0 Å². The number of benzene rings is 1. The molecule has 2 N–H and O–H groups in total. The van der Waals surface area contributed by atoms with Crippen molar-refractivity contribution in [2.75, 3.05) is 13.7 Å². The highest BCUT2D eigenvalue weighted by Gasteiger charge is 2.46. The third-order valence-electron chi connectivity index (χ3n) is 5.24. The normalized spacial score (nSPS) is 22.2. The van der Waals surface area contributed by atoms with Crippen molar-refractivity contribution < 1.29 is 9.15 Å². The molecule has 0 amide bonds. The molecule has 1 spiro atoms. The third-order valence-corrected chi connectivity index (χ3v) is 5.24. The van der Waals surface area contributed by atoms with Gasteiger partial charge in [-0.25, -0.2) is 4.98 Å². The highest BCUT2D eigenvalue weighted by atomic mass is 16.5. The summed E-state index contributed by atoms with van der Waals surface area (Å²) in [5, 5.41) is 7.35. The highest BCUT2D eigenvalue weighted by Crippen LogP contribution is 2.39. The van der Waals surface area contributed by atoms with Gasteiger partial charge in [0.05, 0.1) is 18.4 Å². The van der Waals surface area contributed by atoms with Gasteiger partial charge in [-0.3, -0.25) is 0 Å². The molecule has 1 unspecified atom stereocenters. The van der Waals surface area contributed by atoms with Crippen LogP contribution in [0, 0.1) is 0 Å². The topological polar surface area (TPSA) is 59.3 Å². The fraction of sp³-hybridized carbons (Fsp3) is 0.500. The average Bonchev–Trinajstić information content (AvgIpc) is 3.19. The minimum absolute atomic E-state index is 0.342. The number of hydrogen-bond donors (Lipinski definition) is 2. The number of rotatable bonds is 5. The van der Waals surface area contributed by atoms with E-state index in [0.29, 0.717) is 17.5 Å². The summed E-state index contributed by atoms with van der Waals surface area (Å²) in [6.45, 7) is 1.86. The van der Waals surface area contributed by atoms with E-state index in [1.807, 2.05) is 24.3 Å². The second kappa shape index (κ2) is 5.98. The van der Waals surface area contributed by atoms with Crippen LogP contribution in [0.15, 0.2) is 34.9 Å². The molecule has 1 atom stereocenters. The lowest BCUT2D eigenvalue weighted by atomic mass is 9.73. The van der Waals surface area contributed by atoms with Crippen LogP contribution >= 0.6 is 0 Å². The second-order valence-corrected chi connectivity index (χ2v) is 6.50. The zero-order valence-corrected chi connectivity index (χ0v) is 13.5. The Labute approximate surface area is 136 Å². The van der Waals surface area contributed by atoms with E-state index in [4.69, 9.17) is 9.15 Å². The molecule has 1 aromatic carbocycles. The second-order valence-electron chi connectivity index (χ2n) is 6.50. The van der Waals surface area contributed by atoms with Crippen LogP contribution in [0.3, 0.4) is 0 Å². The molecular weight excluding hydrogens is 290 g/mol. The first-order chi connectivity index (χ1) is 11.3. The van der Waals surface area contributed by atoms with Crippen molar-refractivity contribution in [1.29, 1.82) is 0 Å². The summed E-state index contributed by atoms with van der Waals surface area (Å²) in [4.78, 5) is 4.61. The molecule has 1 aromatic heterocycles. The largest absolute Gasteiger partial charge is 0.496 e. The van der Waals surface area contributed by atoms with Crippen LogP contribution in [-0.4, -0.2) is 30.2 Å². The molecule has 4 rings (SSSR count). The molecule has 1 saturated carbocycles. The lowest BCUT2D eigenvalue weighted by Gasteiger charge is -2.43. The molecule has 5 nitrogen and oxygen atoms in total. The molecule has 2 fully saturated rings. The standard InChI is InChI=1S/C18H23N3O2/c1-22-15-6-3-2-5-14(15)17-21-13(12-23-17)11-19-16-7-10-20-18(16)8-4-9-18/h2-3,5-6,12,16,19-20H,4,7-11H2,1H3. The third kappa shape index (κ3) is 2.64. The monoisotopic (exact) mass is 313 g/mol. The molecule has 2 aliphatic rings. The maximum atomic E-state index is 5.65. The Balaban J connectivity index is 1.44. The van der Waals surface area contributed by atoms with Crippen molar-refractivity contribution in [3.05, 3.63) is 36.2 Å². The van der Waals surface area contributed by atoms with Crippen LogP contribution in [0.4, 0.5) is 0 Å². The highest BCUT2D eigenvalue weighted by molar-refractivity contribution is 5.62. The van der Waals surface area contributed by atoms with E-state index >= 15 is 0 Å². The number of para-hydroxylation sites is 1. The summed E-state index contributed by atoms with van der Waals surface area (Å²) in [5.41, 5.74) is 2.17. The Morgan fingerprint density at radius 1 is 1.39 bits per heavy atom. The van der Waals surface area contributed by atoms with Crippen molar-refractivity contribution in [3.63, 3.8) is 0 Å². The molecule has 2 aromatic rings. The first kappa shape index (κ1) is 14.7. The number of nitrogens with zero attached hydrogens (tertiary/aromatic N) is 1. The molecule has 5 heteroatoms. The van der Waals surface area contributed by atoms with Gasteiger partial charge < -0.3 is 19.8 Å². The number of aromatic nitrogens is 1. The molecule has 1 aliphatic heterocycles. The summed E-state index contributed by atoms with van der Waals surface area (Å²) in [6.07, 6.45) is 6.85.